The number of carbonyl (C=O) groups is 1. The molecule has 0 spiro atoms. The molecule has 12 heteroatoms. The smallest absolute Gasteiger partial charge is 0.306 e. The van der Waals surface area contributed by atoms with Gasteiger partial charge in [-0.1, -0.05) is 6.07 Å². The van der Waals surface area contributed by atoms with Gasteiger partial charge in [-0.05, 0) is 36.9 Å². The first-order valence-electron chi connectivity index (χ1n) is 11.2. The van der Waals surface area contributed by atoms with Crippen molar-refractivity contribution in [3.8, 4) is 22.8 Å². The van der Waals surface area contributed by atoms with Gasteiger partial charge in [0.05, 0.1) is 18.9 Å². The van der Waals surface area contributed by atoms with Crippen LogP contribution in [0.15, 0.2) is 30.3 Å². The first-order valence-corrected chi connectivity index (χ1v) is 13.0. The Labute approximate surface area is 223 Å². The molecular formula is C24H30Cl2N4O5S. The van der Waals surface area contributed by atoms with Gasteiger partial charge in [-0.15, -0.1) is 24.8 Å². The summed E-state index contributed by atoms with van der Waals surface area (Å²) in [6.07, 6.45) is 0.967. The van der Waals surface area contributed by atoms with Gasteiger partial charge in [0.2, 0.25) is 0 Å². The highest BCUT2D eigenvalue weighted by atomic mass is 35.5. The van der Waals surface area contributed by atoms with Gasteiger partial charge in [0.25, 0.3) is 5.91 Å². The molecule has 1 amide bonds. The number of amides is 1. The summed E-state index contributed by atoms with van der Waals surface area (Å²) in [5, 5.41) is 3.82. The van der Waals surface area contributed by atoms with E-state index in [1.807, 2.05) is 6.07 Å². The van der Waals surface area contributed by atoms with E-state index >= 15 is 0 Å². The lowest BCUT2D eigenvalue weighted by Crippen LogP contribution is -2.43. The summed E-state index contributed by atoms with van der Waals surface area (Å²) >= 11 is 0. The van der Waals surface area contributed by atoms with Gasteiger partial charge >= 0.3 is 10.1 Å². The second-order valence-electron chi connectivity index (χ2n) is 8.96. The number of halogens is 2. The van der Waals surface area contributed by atoms with Crippen molar-refractivity contribution in [1.82, 2.24) is 20.1 Å². The van der Waals surface area contributed by atoms with Gasteiger partial charge in [0.1, 0.15) is 0 Å². The molecule has 36 heavy (non-hydrogen) atoms. The Hall–Kier alpha value is -2.50. The van der Waals surface area contributed by atoms with E-state index in [9.17, 15) is 13.2 Å². The Morgan fingerprint density at radius 3 is 2.44 bits per heavy atom. The van der Waals surface area contributed by atoms with Gasteiger partial charge in [0, 0.05) is 67.0 Å². The SMILES string of the molecule is COc1cc(-c2cc3cc(CN4CCN(C)CC4)ccc3[nH]2)c2c(c1OS(C)(=O)=O)CNC2=O.Cl.Cl. The fourth-order valence-electron chi connectivity index (χ4n) is 4.68. The number of hydrogen-bond acceptors (Lipinski definition) is 7. The zero-order chi connectivity index (χ0) is 24.0. The topological polar surface area (TPSA) is 104 Å². The van der Waals surface area contributed by atoms with Crippen LogP contribution in [-0.2, 0) is 23.2 Å². The van der Waals surface area contributed by atoms with Crippen LogP contribution in [0.4, 0.5) is 0 Å². The predicted octanol–water partition coefficient (Wildman–Crippen LogP) is 3.02. The number of benzene rings is 2. The minimum Gasteiger partial charge on any atom is -0.493 e. The van der Waals surface area contributed by atoms with Crippen molar-refractivity contribution in [3.63, 3.8) is 0 Å². The molecule has 0 aliphatic carbocycles. The number of methoxy groups -OCH3 is 1. The third-order valence-electron chi connectivity index (χ3n) is 6.43. The quantitative estimate of drug-likeness (QED) is 0.449. The number of nitrogens with zero attached hydrogens (tertiary/aromatic N) is 2. The van der Waals surface area contributed by atoms with E-state index in [1.54, 1.807) is 6.07 Å². The maximum atomic E-state index is 12.7. The van der Waals surface area contributed by atoms with Crippen LogP contribution in [0.2, 0.25) is 0 Å². The van der Waals surface area contributed by atoms with E-state index in [0.717, 1.165) is 55.6 Å². The van der Waals surface area contributed by atoms with Crippen molar-refractivity contribution >= 4 is 51.7 Å². The molecule has 0 saturated carbocycles. The predicted molar refractivity (Wildman–Crippen MR) is 144 cm³/mol. The fraction of sp³-hybridized carbons (Fsp3) is 0.375. The highest BCUT2D eigenvalue weighted by Gasteiger charge is 2.32. The molecule has 0 bridgehead atoms. The molecule has 196 valence electrons. The van der Waals surface area contributed by atoms with Crippen molar-refractivity contribution < 1.29 is 22.1 Å². The molecule has 3 aromatic rings. The molecule has 9 nitrogen and oxygen atoms in total. The number of rotatable bonds is 6. The van der Waals surface area contributed by atoms with Crippen LogP contribution in [0.3, 0.4) is 0 Å². The van der Waals surface area contributed by atoms with Crippen molar-refractivity contribution in [2.45, 2.75) is 13.1 Å². The molecule has 2 aromatic carbocycles. The molecule has 0 atom stereocenters. The number of nitrogens with one attached hydrogen (secondary N) is 2. The van der Waals surface area contributed by atoms with Crippen LogP contribution in [0.1, 0.15) is 21.5 Å². The van der Waals surface area contributed by atoms with E-state index in [0.29, 0.717) is 16.7 Å². The summed E-state index contributed by atoms with van der Waals surface area (Å²) in [5.74, 6) is 0.0261. The highest BCUT2D eigenvalue weighted by molar-refractivity contribution is 7.86. The van der Waals surface area contributed by atoms with Crippen LogP contribution in [0.25, 0.3) is 22.2 Å². The number of aromatic nitrogens is 1. The molecular weight excluding hydrogens is 527 g/mol. The number of carbonyl (C=O) groups excluding carboxylic acids is 1. The van der Waals surface area contributed by atoms with Crippen LogP contribution in [-0.4, -0.2) is 75.7 Å². The Balaban J connectivity index is 0.00000180. The monoisotopic (exact) mass is 556 g/mol. The number of likely N-dealkylation sites (N-methyl/N-ethyl adjacent to an activating group) is 1. The Morgan fingerprint density at radius 2 is 1.78 bits per heavy atom. The average molecular weight is 558 g/mol. The van der Waals surface area contributed by atoms with Gasteiger partial charge in [0.15, 0.2) is 11.5 Å². The molecule has 2 aliphatic rings. The number of ether oxygens (including phenoxy) is 1. The standard InChI is InChI=1S/C24H28N4O5S.2ClH/c1-27-6-8-28(9-7-27)14-15-4-5-19-16(10-15)11-20(26-19)17-12-21(32-2)23(33-34(3,30)31)18-13-25-24(29)22(17)18;;/h4-5,10-12,26H,6-9,13-14H2,1-3H3,(H,25,29);2*1H. The number of H-pyrrole nitrogens is 1. The third kappa shape index (κ3) is 5.57. The summed E-state index contributed by atoms with van der Waals surface area (Å²) in [6.45, 7) is 5.31. The van der Waals surface area contributed by atoms with Crippen molar-refractivity contribution in [2.24, 2.45) is 0 Å². The number of aromatic amines is 1. The number of piperazine rings is 1. The summed E-state index contributed by atoms with van der Waals surface area (Å²) in [6, 6.07) is 10.0. The molecule has 3 heterocycles. The molecule has 2 N–H and O–H groups in total. The van der Waals surface area contributed by atoms with E-state index in [2.05, 4.69) is 45.3 Å². The maximum Gasteiger partial charge on any atom is 0.306 e. The van der Waals surface area contributed by atoms with E-state index in [4.69, 9.17) is 8.92 Å². The third-order valence-corrected chi connectivity index (χ3v) is 6.90. The first-order chi connectivity index (χ1) is 16.2. The molecule has 1 fully saturated rings. The van der Waals surface area contributed by atoms with E-state index < -0.39 is 10.1 Å². The Bertz CT molecular complexity index is 1380. The van der Waals surface area contributed by atoms with Crippen LogP contribution in [0, 0.1) is 0 Å². The minimum atomic E-state index is -3.80. The Morgan fingerprint density at radius 1 is 1.06 bits per heavy atom. The largest absolute Gasteiger partial charge is 0.493 e. The Kier molecular flexibility index (Phi) is 8.47. The second kappa shape index (κ2) is 10.9. The molecule has 1 saturated heterocycles. The lowest BCUT2D eigenvalue weighted by Gasteiger charge is -2.32. The first kappa shape index (κ1) is 28.1. The van der Waals surface area contributed by atoms with Gasteiger partial charge in [-0.3, -0.25) is 9.69 Å². The lowest BCUT2D eigenvalue weighted by molar-refractivity contribution is 0.0966. The summed E-state index contributed by atoms with van der Waals surface area (Å²) in [7, 11) is -0.206. The van der Waals surface area contributed by atoms with Crippen LogP contribution >= 0.6 is 24.8 Å². The normalized spacial score (nSPS) is 16.1. The number of hydrogen-bond donors (Lipinski definition) is 2. The van der Waals surface area contributed by atoms with Crippen molar-refractivity contribution in [3.05, 3.63) is 47.0 Å². The average Bonchev–Trinajstić information content (AvgIpc) is 3.38. The minimum absolute atomic E-state index is 0. The summed E-state index contributed by atoms with van der Waals surface area (Å²) in [4.78, 5) is 20.9. The van der Waals surface area contributed by atoms with Gasteiger partial charge < -0.3 is 24.1 Å². The van der Waals surface area contributed by atoms with E-state index in [1.165, 1.54) is 12.7 Å². The van der Waals surface area contributed by atoms with E-state index in [-0.39, 0.29) is 48.8 Å². The molecule has 5 rings (SSSR count). The molecule has 0 unspecified atom stereocenters. The lowest BCUT2D eigenvalue weighted by atomic mass is 9.98. The van der Waals surface area contributed by atoms with Crippen LogP contribution < -0.4 is 14.2 Å². The van der Waals surface area contributed by atoms with Crippen molar-refractivity contribution in [2.75, 3.05) is 46.6 Å². The zero-order valence-corrected chi connectivity index (χ0v) is 22.7. The second-order valence-corrected chi connectivity index (χ2v) is 10.5. The summed E-state index contributed by atoms with van der Waals surface area (Å²) < 4.78 is 34.3. The van der Waals surface area contributed by atoms with Gasteiger partial charge in [-0.25, -0.2) is 0 Å². The van der Waals surface area contributed by atoms with Gasteiger partial charge in [-0.2, -0.15) is 8.42 Å². The van der Waals surface area contributed by atoms with Crippen molar-refractivity contribution in [1.29, 1.82) is 0 Å². The zero-order valence-electron chi connectivity index (χ0n) is 20.3. The molecule has 0 radical (unpaired) electrons. The summed E-state index contributed by atoms with van der Waals surface area (Å²) in [5.41, 5.74) is 4.45. The maximum absolute atomic E-state index is 12.7. The molecule has 2 aliphatic heterocycles. The van der Waals surface area contributed by atoms with Crippen LogP contribution in [0.5, 0.6) is 11.5 Å². The molecule has 1 aromatic heterocycles. The fourth-order valence-corrected chi connectivity index (χ4v) is 5.16. The highest BCUT2D eigenvalue weighted by Crippen LogP contribution is 2.43. The number of fused-ring (bicyclic) bond motifs is 2.